The molecule has 1 heterocycles. The van der Waals surface area contributed by atoms with Crippen LogP contribution in [0.2, 0.25) is 10.0 Å². The topological polar surface area (TPSA) is 46.9 Å². The molecule has 1 amide bonds. The Morgan fingerprint density at radius 3 is 2.81 bits per heavy atom. The Labute approximate surface area is 166 Å². The average molecular weight is 406 g/mol. The van der Waals surface area contributed by atoms with Crippen molar-refractivity contribution in [1.82, 2.24) is 9.55 Å². The number of thioether (sulfide) groups is 1. The van der Waals surface area contributed by atoms with Crippen molar-refractivity contribution < 1.29 is 4.79 Å². The minimum absolute atomic E-state index is 0.191. The molecule has 1 N–H and O–H groups in total. The number of carbonyl (C=O) groups excluding carboxylic acids is 1. The van der Waals surface area contributed by atoms with Gasteiger partial charge in [-0.05, 0) is 43.2 Å². The Balaban J connectivity index is 1.70. The Bertz CT molecular complexity index is 956. The lowest BCUT2D eigenvalue weighted by Gasteiger charge is -2.11. The molecule has 0 aliphatic heterocycles. The predicted molar refractivity (Wildman–Crippen MR) is 109 cm³/mol. The molecule has 0 radical (unpaired) electrons. The second-order valence-corrected chi connectivity index (χ2v) is 7.54. The van der Waals surface area contributed by atoms with E-state index in [-0.39, 0.29) is 11.7 Å². The fraction of sp³-hybridized carbons (Fsp3) is 0.158. The Hall–Kier alpha value is -1.95. The van der Waals surface area contributed by atoms with Crippen molar-refractivity contribution in [3.63, 3.8) is 0 Å². The van der Waals surface area contributed by atoms with Gasteiger partial charge < -0.3 is 5.32 Å². The fourth-order valence-corrected chi connectivity index (χ4v) is 3.69. The van der Waals surface area contributed by atoms with Crippen LogP contribution in [-0.2, 0) is 4.79 Å². The molecule has 0 saturated carbocycles. The first-order valence-electron chi connectivity index (χ1n) is 7.93. The van der Waals surface area contributed by atoms with E-state index in [1.165, 1.54) is 11.8 Å². The lowest BCUT2D eigenvalue weighted by molar-refractivity contribution is -0.113. The zero-order valence-corrected chi connectivity index (χ0v) is 16.6. The van der Waals surface area contributed by atoms with E-state index in [4.69, 9.17) is 23.2 Å². The van der Waals surface area contributed by atoms with Gasteiger partial charge in [-0.25, -0.2) is 4.98 Å². The predicted octanol–water partition coefficient (Wildman–Crippen LogP) is 5.53. The van der Waals surface area contributed by atoms with Crippen LogP contribution in [0.3, 0.4) is 0 Å². The summed E-state index contributed by atoms with van der Waals surface area (Å²) in [6, 6.07) is 11.6. The summed E-state index contributed by atoms with van der Waals surface area (Å²) in [7, 11) is 0. The zero-order chi connectivity index (χ0) is 18.7. The van der Waals surface area contributed by atoms with Crippen molar-refractivity contribution in [3.05, 3.63) is 70.0 Å². The highest BCUT2D eigenvalue weighted by atomic mass is 35.5. The molecule has 134 valence electrons. The van der Waals surface area contributed by atoms with Crippen LogP contribution in [0.1, 0.15) is 11.1 Å². The normalized spacial score (nSPS) is 10.8. The number of benzene rings is 2. The van der Waals surface area contributed by atoms with Crippen molar-refractivity contribution in [2.75, 3.05) is 11.1 Å². The molecule has 0 unspecified atom stereocenters. The minimum atomic E-state index is -0.191. The van der Waals surface area contributed by atoms with Gasteiger partial charge >= 0.3 is 0 Å². The van der Waals surface area contributed by atoms with Gasteiger partial charge in [-0.1, -0.05) is 53.2 Å². The van der Waals surface area contributed by atoms with E-state index in [9.17, 15) is 4.79 Å². The monoisotopic (exact) mass is 405 g/mol. The average Bonchev–Trinajstić information content (AvgIpc) is 3.09. The molecule has 0 spiro atoms. The molecule has 0 saturated heterocycles. The largest absolute Gasteiger partial charge is 0.323 e. The second-order valence-electron chi connectivity index (χ2n) is 5.81. The maximum absolute atomic E-state index is 12.3. The van der Waals surface area contributed by atoms with Gasteiger partial charge in [0.2, 0.25) is 5.91 Å². The summed E-state index contributed by atoms with van der Waals surface area (Å²) in [5.41, 5.74) is 3.47. The van der Waals surface area contributed by atoms with Crippen LogP contribution in [0.4, 0.5) is 5.69 Å². The van der Waals surface area contributed by atoms with E-state index in [0.717, 1.165) is 22.0 Å². The first kappa shape index (κ1) is 18.8. The molecule has 26 heavy (non-hydrogen) atoms. The van der Waals surface area contributed by atoms with Crippen LogP contribution < -0.4 is 5.32 Å². The van der Waals surface area contributed by atoms with E-state index in [1.807, 2.05) is 48.9 Å². The molecule has 0 aliphatic carbocycles. The number of carbonyl (C=O) groups is 1. The molecular weight excluding hydrogens is 389 g/mol. The third kappa shape index (κ3) is 4.23. The molecule has 4 nitrogen and oxygen atoms in total. The third-order valence-corrected chi connectivity index (χ3v) is 5.54. The van der Waals surface area contributed by atoms with E-state index < -0.39 is 0 Å². The fourth-order valence-electron chi connectivity index (χ4n) is 2.45. The molecule has 7 heteroatoms. The number of halogens is 2. The molecule has 3 aromatic rings. The van der Waals surface area contributed by atoms with Crippen LogP contribution in [0.25, 0.3) is 5.69 Å². The number of hydrogen-bond donors (Lipinski definition) is 1. The summed E-state index contributed by atoms with van der Waals surface area (Å²) in [6.07, 6.45) is 3.60. The van der Waals surface area contributed by atoms with Gasteiger partial charge in [-0.2, -0.15) is 0 Å². The number of rotatable bonds is 5. The van der Waals surface area contributed by atoms with Crippen LogP contribution in [0.5, 0.6) is 0 Å². The number of aromatic nitrogens is 2. The van der Waals surface area contributed by atoms with Crippen LogP contribution in [0.15, 0.2) is 53.9 Å². The quantitative estimate of drug-likeness (QED) is 0.567. The van der Waals surface area contributed by atoms with Gasteiger partial charge in [0.25, 0.3) is 0 Å². The Kier molecular flexibility index (Phi) is 5.91. The highest BCUT2D eigenvalue weighted by Crippen LogP contribution is 2.33. The number of anilines is 1. The van der Waals surface area contributed by atoms with E-state index in [0.29, 0.717) is 15.7 Å². The minimum Gasteiger partial charge on any atom is -0.323 e. The number of amides is 1. The lowest BCUT2D eigenvalue weighted by Crippen LogP contribution is -2.15. The number of aryl methyl sites for hydroxylation is 2. The maximum atomic E-state index is 12.3. The van der Waals surface area contributed by atoms with E-state index >= 15 is 0 Å². The molecule has 2 aromatic carbocycles. The van der Waals surface area contributed by atoms with Crippen LogP contribution in [-0.4, -0.2) is 21.2 Å². The third-order valence-electron chi connectivity index (χ3n) is 3.77. The molecule has 0 aliphatic rings. The van der Waals surface area contributed by atoms with Gasteiger partial charge in [0.15, 0.2) is 5.16 Å². The van der Waals surface area contributed by atoms with Crippen LogP contribution >= 0.6 is 35.0 Å². The van der Waals surface area contributed by atoms with E-state index in [1.54, 1.807) is 12.3 Å². The highest BCUT2D eigenvalue weighted by Gasteiger charge is 2.14. The Morgan fingerprint density at radius 2 is 2.04 bits per heavy atom. The molecular formula is C19H17Cl2N3OS. The summed E-state index contributed by atoms with van der Waals surface area (Å²) in [6.45, 7) is 3.90. The summed E-state index contributed by atoms with van der Waals surface area (Å²) in [5.74, 6) is 0.00636. The first-order valence-corrected chi connectivity index (χ1v) is 9.67. The van der Waals surface area contributed by atoms with Crippen molar-refractivity contribution in [2.45, 2.75) is 19.0 Å². The molecule has 1 aromatic heterocycles. The second kappa shape index (κ2) is 8.16. The van der Waals surface area contributed by atoms with Crippen molar-refractivity contribution >= 4 is 46.6 Å². The van der Waals surface area contributed by atoms with Crippen molar-refractivity contribution in [2.24, 2.45) is 0 Å². The number of hydrogen-bond acceptors (Lipinski definition) is 3. The summed E-state index contributed by atoms with van der Waals surface area (Å²) >= 11 is 13.7. The summed E-state index contributed by atoms with van der Waals surface area (Å²) in [5, 5.41) is 4.40. The number of imidazole rings is 1. The van der Waals surface area contributed by atoms with Crippen molar-refractivity contribution in [3.8, 4) is 5.69 Å². The van der Waals surface area contributed by atoms with Gasteiger partial charge in [0.1, 0.15) is 0 Å². The van der Waals surface area contributed by atoms with Crippen LogP contribution in [0, 0.1) is 13.8 Å². The highest BCUT2D eigenvalue weighted by molar-refractivity contribution is 7.99. The van der Waals surface area contributed by atoms with Crippen molar-refractivity contribution in [1.29, 1.82) is 0 Å². The van der Waals surface area contributed by atoms with E-state index in [2.05, 4.69) is 16.4 Å². The summed E-state index contributed by atoms with van der Waals surface area (Å²) < 4.78 is 1.96. The molecule has 3 rings (SSSR count). The smallest absolute Gasteiger partial charge is 0.234 e. The summed E-state index contributed by atoms with van der Waals surface area (Å²) in [4.78, 5) is 16.7. The SMILES string of the molecule is Cc1cccc(-n2ccnc2SCC(=O)Nc2c(Cl)ccc(C)c2Cl)c1. The standard InChI is InChI=1S/C19H17Cl2N3OS/c1-12-4-3-5-14(10-12)24-9-8-22-19(24)26-11-16(25)23-18-15(20)7-6-13(2)17(18)21/h3-10H,11H2,1-2H3,(H,23,25). The molecule has 0 fully saturated rings. The Morgan fingerprint density at radius 1 is 1.23 bits per heavy atom. The number of nitrogens with zero attached hydrogens (tertiary/aromatic N) is 2. The zero-order valence-electron chi connectivity index (χ0n) is 14.3. The van der Waals surface area contributed by atoms with Gasteiger partial charge in [-0.15, -0.1) is 0 Å². The lowest BCUT2D eigenvalue weighted by atomic mass is 10.2. The van der Waals surface area contributed by atoms with Gasteiger partial charge in [-0.3, -0.25) is 9.36 Å². The first-order chi connectivity index (χ1) is 12.5. The molecule has 0 bridgehead atoms. The van der Waals surface area contributed by atoms with Gasteiger partial charge in [0.05, 0.1) is 21.5 Å². The van der Waals surface area contributed by atoms with Gasteiger partial charge in [0, 0.05) is 18.1 Å². The number of nitrogens with one attached hydrogen (secondary N) is 1. The molecule has 0 atom stereocenters. The maximum Gasteiger partial charge on any atom is 0.234 e.